The molecule has 0 aliphatic rings. The van der Waals surface area contributed by atoms with E-state index < -0.39 is 15.9 Å². The predicted octanol–water partition coefficient (Wildman–Crippen LogP) is 1.49. The van der Waals surface area contributed by atoms with E-state index in [-0.39, 0.29) is 18.0 Å². The maximum atomic E-state index is 12.1. The number of nitrogens with one attached hydrogen (secondary N) is 2. The van der Waals surface area contributed by atoms with Gasteiger partial charge in [0.2, 0.25) is 15.9 Å². The van der Waals surface area contributed by atoms with Gasteiger partial charge in [-0.05, 0) is 49.2 Å². The molecule has 0 spiro atoms. The van der Waals surface area contributed by atoms with Crippen LogP contribution in [0.2, 0.25) is 0 Å². The summed E-state index contributed by atoms with van der Waals surface area (Å²) in [5.74, 6) is 0.175. The first-order valence-corrected chi connectivity index (χ1v) is 8.23. The van der Waals surface area contributed by atoms with E-state index in [1.165, 1.54) is 12.3 Å². The lowest BCUT2D eigenvalue weighted by molar-refractivity contribution is -0.120. The highest BCUT2D eigenvalue weighted by atomic mass is 32.2. The zero-order valence-electron chi connectivity index (χ0n) is 12.4. The predicted molar refractivity (Wildman–Crippen MR) is 81.7 cm³/mol. The first-order valence-electron chi connectivity index (χ1n) is 6.74. The van der Waals surface area contributed by atoms with Crippen LogP contribution in [0.5, 0.6) is 0 Å². The highest BCUT2D eigenvalue weighted by molar-refractivity contribution is 7.89. The number of amides is 1. The number of hydrogen-bond acceptors (Lipinski definition) is 4. The summed E-state index contributed by atoms with van der Waals surface area (Å²) in [6.07, 6.45) is 1.50. The molecular formula is C15H18N2O4S. The standard InChI is InChI=1S/C15H18N2O4S/c1-11-5-6-14(8-12(11)2)22(19,20)17-10-15(18)16-9-13-4-3-7-21-13/h3-8,17H,9-10H2,1-2H3,(H,16,18). The Morgan fingerprint density at radius 2 is 1.95 bits per heavy atom. The number of hydrogen-bond donors (Lipinski definition) is 2. The van der Waals surface area contributed by atoms with Gasteiger partial charge in [-0.2, -0.15) is 0 Å². The van der Waals surface area contributed by atoms with Gasteiger partial charge in [-0.15, -0.1) is 0 Å². The number of furan rings is 1. The van der Waals surface area contributed by atoms with Crippen LogP contribution in [0.3, 0.4) is 0 Å². The second-order valence-corrected chi connectivity index (χ2v) is 6.69. The van der Waals surface area contributed by atoms with Crippen LogP contribution in [0.25, 0.3) is 0 Å². The van der Waals surface area contributed by atoms with Gasteiger partial charge in [0.1, 0.15) is 5.76 Å². The van der Waals surface area contributed by atoms with E-state index in [0.29, 0.717) is 5.76 Å². The molecule has 0 aliphatic carbocycles. The molecule has 0 bridgehead atoms. The quantitative estimate of drug-likeness (QED) is 0.843. The van der Waals surface area contributed by atoms with Gasteiger partial charge in [0, 0.05) is 0 Å². The van der Waals surface area contributed by atoms with E-state index >= 15 is 0 Å². The van der Waals surface area contributed by atoms with Crippen molar-refractivity contribution in [3.8, 4) is 0 Å². The lowest BCUT2D eigenvalue weighted by atomic mass is 10.1. The molecule has 0 fully saturated rings. The molecule has 2 rings (SSSR count). The van der Waals surface area contributed by atoms with Crippen LogP contribution in [0, 0.1) is 13.8 Å². The van der Waals surface area contributed by atoms with Gasteiger partial charge in [-0.3, -0.25) is 4.79 Å². The summed E-state index contributed by atoms with van der Waals surface area (Å²) >= 11 is 0. The first kappa shape index (κ1) is 16.3. The van der Waals surface area contributed by atoms with Crippen LogP contribution in [0.1, 0.15) is 16.9 Å². The third-order valence-electron chi connectivity index (χ3n) is 3.25. The minimum Gasteiger partial charge on any atom is -0.467 e. The number of rotatable bonds is 6. The monoisotopic (exact) mass is 322 g/mol. The Balaban J connectivity index is 1.91. The molecule has 6 nitrogen and oxygen atoms in total. The second kappa shape index (κ2) is 6.76. The molecule has 1 amide bonds. The fourth-order valence-electron chi connectivity index (χ4n) is 1.79. The van der Waals surface area contributed by atoms with Crippen molar-refractivity contribution in [1.82, 2.24) is 10.0 Å². The van der Waals surface area contributed by atoms with Gasteiger partial charge >= 0.3 is 0 Å². The Bertz CT molecular complexity index is 752. The maximum absolute atomic E-state index is 12.1. The van der Waals surface area contributed by atoms with Gasteiger partial charge in [-0.25, -0.2) is 13.1 Å². The van der Waals surface area contributed by atoms with Gasteiger partial charge in [0.15, 0.2) is 0 Å². The molecule has 118 valence electrons. The minimum absolute atomic E-state index is 0.148. The van der Waals surface area contributed by atoms with E-state index in [4.69, 9.17) is 4.42 Å². The van der Waals surface area contributed by atoms with Crippen LogP contribution in [0.4, 0.5) is 0 Å². The summed E-state index contributed by atoms with van der Waals surface area (Å²) in [6.45, 7) is 3.64. The zero-order chi connectivity index (χ0) is 16.2. The molecule has 1 aromatic heterocycles. The van der Waals surface area contributed by atoms with Crippen LogP contribution in [-0.2, 0) is 21.4 Å². The summed E-state index contributed by atoms with van der Waals surface area (Å²) in [7, 11) is -3.70. The average molecular weight is 322 g/mol. The van der Waals surface area contributed by atoms with E-state index in [2.05, 4.69) is 10.0 Å². The summed E-state index contributed by atoms with van der Waals surface area (Å²) in [6, 6.07) is 8.27. The van der Waals surface area contributed by atoms with Crippen molar-refractivity contribution >= 4 is 15.9 Å². The fourth-order valence-corrected chi connectivity index (χ4v) is 2.85. The normalized spacial score (nSPS) is 11.4. The molecular weight excluding hydrogens is 304 g/mol. The third-order valence-corrected chi connectivity index (χ3v) is 4.65. The SMILES string of the molecule is Cc1ccc(S(=O)(=O)NCC(=O)NCc2ccco2)cc1C. The number of carbonyl (C=O) groups excluding carboxylic acids is 1. The summed E-state index contributed by atoms with van der Waals surface area (Å²) in [4.78, 5) is 11.8. The van der Waals surface area contributed by atoms with Gasteiger partial charge < -0.3 is 9.73 Å². The van der Waals surface area contributed by atoms with Crippen LogP contribution < -0.4 is 10.0 Å². The molecule has 2 N–H and O–H groups in total. The topological polar surface area (TPSA) is 88.4 Å². The molecule has 22 heavy (non-hydrogen) atoms. The number of aryl methyl sites for hydroxylation is 2. The molecule has 0 radical (unpaired) electrons. The minimum atomic E-state index is -3.70. The highest BCUT2D eigenvalue weighted by Gasteiger charge is 2.16. The Morgan fingerprint density at radius 3 is 2.59 bits per heavy atom. The van der Waals surface area contributed by atoms with E-state index in [9.17, 15) is 13.2 Å². The number of sulfonamides is 1. The summed E-state index contributed by atoms with van der Waals surface area (Å²) < 4.78 is 31.6. The van der Waals surface area contributed by atoms with Crippen molar-refractivity contribution in [2.24, 2.45) is 0 Å². The smallest absolute Gasteiger partial charge is 0.241 e. The lowest BCUT2D eigenvalue weighted by Gasteiger charge is -2.09. The van der Waals surface area contributed by atoms with Gasteiger partial charge in [0.25, 0.3) is 0 Å². The highest BCUT2D eigenvalue weighted by Crippen LogP contribution is 2.14. The Hall–Kier alpha value is -2.12. The Morgan fingerprint density at radius 1 is 1.18 bits per heavy atom. The van der Waals surface area contributed by atoms with E-state index in [0.717, 1.165) is 11.1 Å². The molecule has 0 atom stereocenters. The number of carbonyl (C=O) groups is 1. The van der Waals surface area contributed by atoms with Crippen molar-refractivity contribution < 1.29 is 17.6 Å². The van der Waals surface area contributed by atoms with E-state index in [1.807, 2.05) is 13.8 Å². The zero-order valence-corrected chi connectivity index (χ0v) is 13.2. The van der Waals surface area contributed by atoms with Crippen LogP contribution >= 0.6 is 0 Å². The van der Waals surface area contributed by atoms with Crippen molar-refractivity contribution in [2.45, 2.75) is 25.3 Å². The van der Waals surface area contributed by atoms with Gasteiger partial charge in [0.05, 0.1) is 24.2 Å². The van der Waals surface area contributed by atoms with E-state index in [1.54, 1.807) is 24.3 Å². The molecule has 0 unspecified atom stereocenters. The molecule has 0 aliphatic heterocycles. The molecule has 2 aromatic rings. The lowest BCUT2D eigenvalue weighted by Crippen LogP contribution is -2.36. The van der Waals surface area contributed by atoms with Crippen molar-refractivity contribution in [3.05, 3.63) is 53.5 Å². The summed E-state index contributed by atoms with van der Waals surface area (Å²) in [5.41, 5.74) is 1.89. The van der Waals surface area contributed by atoms with Crippen molar-refractivity contribution in [1.29, 1.82) is 0 Å². The Labute approximate surface area is 129 Å². The van der Waals surface area contributed by atoms with Gasteiger partial charge in [-0.1, -0.05) is 6.07 Å². The average Bonchev–Trinajstić information content (AvgIpc) is 2.99. The second-order valence-electron chi connectivity index (χ2n) is 4.93. The molecule has 0 saturated carbocycles. The summed E-state index contributed by atoms with van der Waals surface area (Å²) in [5, 5.41) is 2.57. The molecule has 0 saturated heterocycles. The molecule has 7 heteroatoms. The molecule has 1 heterocycles. The maximum Gasteiger partial charge on any atom is 0.241 e. The first-order chi connectivity index (χ1) is 10.4. The third kappa shape index (κ3) is 4.19. The van der Waals surface area contributed by atoms with Crippen LogP contribution in [0.15, 0.2) is 45.9 Å². The van der Waals surface area contributed by atoms with Crippen LogP contribution in [-0.4, -0.2) is 20.9 Å². The fraction of sp³-hybridized carbons (Fsp3) is 0.267. The molecule has 1 aromatic carbocycles. The Kier molecular flexibility index (Phi) is 4.99. The number of benzene rings is 1. The van der Waals surface area contributed by atoms with Crippen molar-refractivity contribution in [2.75, 3.05) is 6.54 Å². The van der Waals surface area contributed by atoms with Crippen molar-refractivity contribution in [3.63, 3.8) is 0 Å². The largest absolute Gasteiger partial charge is 0.467 e.